The molecule has 0 radical (unpaired) electrons. The highest BCUT2D eigenvalue weighted by Crippen LogP contribution is 2.38. The molecule has 0 aliphatic rings. The fraction of sp³-hybridized carbons (Fsp3) is 0.312. The van der Waals surface area contributed by atoms with Crippen molar-refractivity contribution in [2.24, 2.45) is 0 Å². The Morgan fingerprint density at radius 3 is 2.11 bits per heavy atom. The minimum Gasteiger partial charge on any atom is -0.460 e. The number of ether oxygens (including phenoxy) is 1. The molecule has 2 rings (SSSR count). The number of carbonyl (C=O) groups excluding carboxylic acids is 1. The van der Waals surface area contributed by atoms with E-state index in [9.17, 15) is 31.1 Å². The number of halogens is 7. The van der Waals surface area contributed by atoms with E-state index < -0.39 is 46.9 Å². The minimum absolute atomic E-state index is 0.00467. The Hall–Kier alpha value is -2.56. The predicted molar refractivity (Wildman–Crippen MR) is 86.8 cm³/mol. The van der Waals surface area contributed by atoms with E-state index in [1.54, 1.807) is 13.8 Å². The predicted octanol–water partition coefficient (Wildman–Crippen LogP) is 4.97. The molecule has 0 aliphatic heterocycles. The van der Waals surface area contributed by atoms with E-state index in [1.165, 1.54) is 0 Å². The fourth-order valence-corrected chi connectivity index (χ4v) is 2.18. The van der Waals surface area contributed by atoms with Gasteiger partial charge in [0.15, 0.2) is 5.82 Å². The van der Waals surface area contributed by atoms with Gasteiger partial charge in [-0.3, -0.25) is 0 Å². The van der Waals surface area contributed by atoms with Crippen molar-refractivity contribution in [3.8, 4) is 11.4 Å². The van der Waals surface area contributed by atoms with Crippen LogP contribution in [0.15, 0.2) is 30.6 Å². The lowest BCUT2D eigenvalue weighted by molar-refractivity contribution is -0.143. The molecule has 152 valence electrons. The van der Waals surface area contributed by atoms with Gasteiger partial charge < -0.3 is 4.74 Å². The van der Waals surface area contributed by atoms with E-state index in [0.29, 0.717) is 12.1 Å². The van der Waals surface area contributed by atoms with Crippen LogP contribution in [-0.2, 0) is 21.9 Å². The highest BCUT2D eigenvalue weighted by Gasteiger charge is 2.37. The molecule has 0 saturated carbocycles. The molecule has 0 amide bonds. The lowest BCUT2D eigenvalue weighted by atomic mass is 10.0. The van der Waals surface area contributed by atoms with Crippen LogP contribution in [0.1, 0.15) is 25.0 Å². The second-order valence-corrected chi connectivity index (χ2v) is 6.15. The summed E-state index contributed by atoms with van der Waals surface area (Å²) in [5.41, 5.74) is -3.53. The van der Waals surface area contributed by atoms with Crippen LogP contribution in [0.4, 0.5) is 26.3 Å². The Bertz CT molecular complexity index is 870. The fourth-order valence-electron chi connectivity index (χ4n) is 2.01. The highest BCUT2D eigenvalue weighted by atomic mass is 35.5. The molecule has 0 fully saturated rings. The van der Waals surface area contributed by atoms with Gasteiger partial charge in [0.2, 0.25) is 0 Å². The summed E-state index contributed by atoms with van der Waals surface area (Å²) in [5.74, 6) is -1.25. The van der Waals surface area contributed by atoms with Gasteiger partial charge in [0.1, 0.15) is 11.5 Å². The number of hydrogen-bond acceptors (Lipinski definition) is 4. The molecule has 5 nitrogen and oxygen atoms in total. The molecule has 0 spiro atoms. The summed E-state index contributed by atoms with van der Waals surface area (Å²) in [6.45, 7) is 3.19. The van der Waals surface area contributed by atoms with E-state index in [4.69, 9.17) is 16.3 Å². The Labute approximate surface area is 159 Å². The zero-order valence-electron chi connectivity index (χ0n) is 14.3. The maximum atomic E-state index is 12.9. The lowest BCUT2D eigenvalue weighted by Gasteiger charge is -2.13. The first-order valence-electron chi connectivity index (χ1n) is 7.57. The van der Waals surface area contributed by atoms with Gasteiger partial charge in [-0.15, -0.1) is 5.10 Å². The van der Waals surface area contributed by atoms with Crippen molar-refractivity contribution in [2.75, 3.05) is 0 Å². The molecule has 2 aromatic rings. The van der Waals surface area contributed by atoms with Gasteiger partial charge in [-0.1, -0.05) is 11.6 Å². The minimum atomic E-state index is -5.00. The average molecular weight is 428 g/mol. The summed E-state index contributed by atoms with van der Waals surface area (Å²) >= 11 is 5.85. The van der Waals surface area contributed by atoms with Crippen LogP contribution in [0.3, 0.4) is 0 Å². The molecule has 0 atom stereocenters. The van der Waals surface area contributed by atoms with E-state index >= 15 is 0 Å². The monoisotopic (exact) mass is 427 g/mol. The number of aromatic nitrogens is 3. The van der Waals surface area contributed by atoms with Crippen molar-refractivity contribution < 1.29 is 35.9 Å². The summed E-state index contributed by atoms with van der Waals surface area (Å²) < 4.78 is 83.3. The number of carbonyl (C=O) groups is 1. The van der Waals surface area contributed by atoms with E-state index in [-0.39, 0.29) is 11.2 Å². The number of alkyl halides is 6. The molecule has 28 heavy (non-hydrogen) atoms. The van der Waals surface area contributed by atoms with Gasteiger partial charge in [-0.2, -0.15) is 26.3 Å². The third-order valence-corrected chi connectivity index (χ3v) is 3.43. The van der Waals surface area contributed by atoms with Crippen molar-refractivity contribution in [1.29, 1.82) is 0 Å². The quantitative estimate of drug-likeness (QED) is 0.393. The first-order valence-corrected chi connectivity index (χ1v) is 7.95. The SMILES string of the molecule is CC(C)OC(=O)C=C(Cl)n1cnc(-c2cc(C(F)(F)F)cc(C(F)(F)F)c2)n1. The molecular weight excluding hydrogens is 416 g/mol. The lowest BCUT2D eigenvalue weighted by Crippen LogP contribution is -2.11. The third kappa shape index (κ3) is 5.47. The van der Waals surface area contributed by atoms with E-state index in [1.807, 2.05) is 0 Å². The standard InChI is InChI=1S/C16H12ClF6N3O2/c1-8(2)28-13(27)6-12(17)26-7-24-14(25-26)9-3-10(15(18,19)20)5-11(4-9)16(21,22)23/h3-8H,1-2H3. The van der Waals surface area contributed by atoms with Crippen molar-refractivity contribution in [3.63, 3.8) is 0 Å². The van der Waals surface area contributed by atoms with Gasteiger partial charge in [0.05, 0.1) is 23.3 Å². The van der Waals surface area contributed by atoms with Crippen molar-refractivity contribution in [2.45, 2.75) is 32.3 Å². The number of nitrogens with zero attached hydrogens (tertiary/aromatic N) is 3. The Kier molecular flexibility index (Phi) is 6.07. The Morgan fingerprint density at radius 1 is 1.11 bits per heavy atom. The van der Waals surface area contributed by atoms with Crippen molar-refractivity contribution in [1.82, 2.24) is 14.8 Å². The molecule has 0 bridgehead atoms. The maximum absolute atomic E-state index is 12.9. The Morgan fingerprint density at radius 2 is 1.64 bits per heavy atom. The summed E-state index contributed by atoms with van der Waals surface area (Å²) in [5, 5.41) is 3.41. The smallest absolute Gasteiger partial charge is 0.416 e. The second kappa shape index (κ2) is 7.82. The van der Waals surface area contributed by atoms with Crippen LogP contribution in [0.25, 0.3) is 16.5 Å². The van der Waals surface area contributed by atoms with Crippen LogP contribution in [0.5, 0.6) is 0 Å². The van der Waals surface area contributed by atoms with Gasteiger partial charge in [-0.05, 0) is 32.0 Å². The number of esters is 1. The topological polar surface area (TPSA) is 57.0 Å². The molecular formula is C16H12ClF6N3O2. The third-order valence-electron chi connectivity index (χ3n) is 3.15. The number of hydrogen-bond donors (Lipinski definition) is 0. The van der Waals surface area contributed by atoms with Crippen LogP contribution < -0.4 is 0 Å². The van der Waals surface area contributed by atoms with Crippen LogP contribution in [0.2, 0.25) is 0 Å². The molecule has 0 saturated heterocycles. The molecule has 0 unspecified atom stereocenters. The highest BCUT2D eigenvalue weighted by molar-refractivity contribution is 6.46. The van der Waals surface area contributed by atoms with Crippen LogP contribution in [-0.4, -0.2) is 26.8 Å². The zero-order valence-corrected chi connectivity index (χ0v) is 15.0. The van der Waals surface area contributed by atoms with Crippen LogP contribution in [0, 0.1) is 0 Å². The molecule has 12 heteroatoms. The van der Waals surface area contributed by atoms with Gasteiger partial charge in [0.25, 0.3) is 0 Å². The van der Waals surface area contributed by atoms with Crippen molar-refractivity contribution in [3.05, 3.63) is 41.7 Å². The largest absolute Gasteiger partial charge is 0.460 e. The molecule has 1 aromatic heterocycles. The summed E-state index contributed by atoms with van der Waals surface area (Å²) in [6, 6.07) is 0.967. The Balaban J connectivity index is 2.44. The van der Waals surface area contributed by atoms with Crippen LogP contribution >= 0.6 is 11.6 Å². The van der Waals surface area contributed by atoms with Gasteiger partial charge >= 0.3 is 18.3 Å². The molecule has 0 aliphatic carbocycles. The average Bonchev–Trinajstić information content (AvgIpc) is 3.02. The van der Waals surface area contributed by atoms with E-state index in [2.05, 4.69) is 10.1 Å². The summed E-state index contributed by atoms with van der Waals surface area (Å²) in [6.07, 6.45) is -8.66. The number of benzene rings is 1. The maximum Gasteiger partial charge on any atom is 0.416 e. The zero-order chi connectivity index (χ0) is 21.3. The number of rotatable bonds is 4. The molecule has 1 aromatic carbocycles. The first-order chi connectivity index (χ1) is 12.8. The summed E-state index contributed by atoms with van der Waals surface area (Å²) in [7, 11) is 0. The van der Waals surface area contributed by atoms with E-state index in [0.717, 1.165) is 17.1 Å². The normalized spacial score (nSPS) is 13.1. The van der Waals surface area contributed by atoms with Crippen molar-refractivity contribution >= 4 is 22.7 Å². The molecule has 1 heterocycles. The van der Waals surface area contributed by atoms with Gasteiger partial charge in [0, 0.05) is 5.56 Å². The second-order valence-electron chi connectivity index (χ2n) is 5.76. The summed E-state index contributed by atoms with van der Waals surface area (Å²) in [4.78, 5) is 15.2. The molecule has 0 N–H and O–H groups in total. The first kappa shape index (κ1) is 21.7. The van der Waals surface area contributed by atoms with Gasteiger partial charge in [-0.25, -0.2) is 14.5 Å².